The van der Waals surface area contributed by atoms with Crippen LogP contribution in [0.5, 0.6) is 11.5 Å². The summed E-state index contributed by atoms with van der Waals surface area (Å²) < 4.78 is 146. The Morgan fingerprint density at radius 1 is 0.628 bits per heavy atom. The van der Waals surface area contributed by atoms with Gasteiger partial charge in [-0.15, -0.1) is 0 Å². The molecule has 18 heteroatoms. The van der Waals surface area contributed by atoms with Crippen LogP contribution in [0.2, 0.25) is 0 Å². The van der Waals surface area contributed by atoms with Crippen LogP contribution in [0.3, 0.4) is 0 Å². The lowest BCUT2D eigenvalue weighted by Gasteiger charge is -2.12. The van der Waals surface area contributed by atoms with Crippen molar-refractivity contribution in [1.29, 1.82) is 0 Å². The van der Waals surface area contributed by atoms with E-state index in [4.69, 9.17) is 9.47 Å². The fraction of sp³-hybridized carbons (Fsp3) is 0.440. The quantitative estimate of drug-likeness (QED) is 0.0986. The molecule has 0 saturated carbocycles. The Morgan fingerprint density at radius 2 is 0.953 bits per heavy atom. The third-order valence-corrected chi connectivity index (χ3v) is 7.43. The van der Waals surface area contributed by atoms with E-state index >= 15 is 0 Å². The van der Waals surface area contributed by atoms with Gasteiger partial charge in [-0.2, -0.15) is 43.2 Å². The average molecular weight is 663 g/mol. The number of hydrogen-bond donors (Lipinski definition) is 0. The molecule has 0 bridgehead atoms. The number of ether oxygens (including phenoxy) is 2. The van der Waals surface area contributed by atoms with Crippen molar-refractivity contribution < 1.29 is 61.2 Å². The van der Waals surface area contributed by atoms with E-state index in [1.165, 1.54) is 38.1 Å². The Hall–Kier alpha value is -3.54. The Kier molecular flexibility index (Phi) is 12.7. The zero-order valence-electron chi connectivity index (χ0n) is 22.8. The second-order valence-electron chi connectivity index (χ2n) is 8.65. The zero-order valence-corrected chi connectivity index (χ0v) is 24.4. The van der Waals surface area contributed by atoms with E-state index in [1.807, 2.05) is 0 Å². The van der Waals surface area contributed by atoms with E-state index in [0.29, 0.717) is 0 Å². The van der Waals surface area contributed by atoms with E-state index in [2.05, 4.69) is 18.9 Å². The Morgan fingerprint density at radius 3 is 1.23 bits per heavy atom. The molecule has 0 fully saturated rings. The van der Waals surface area contributed by atoms with Crippen molar-refractivity contribution in [1.82, 2.24) is 0 Å². The molecule has 10 nitrogen and oxygen atoms in total. The van der Waals surface area contributed by atoms with Gasteiger partial charge in [-0.1, -0.05) is 24.2 Å². The van der Waals surface area contributed by atoms with E-state index in [9.17, 15) is 43.2 Å². The van der Waals surface area contributed by atoms with Crippen LogP contribution in [0.1, 0.15) is 44.2 Å². The van der Waals surface area contributed by atoms with Crippen LogP contribution in [0.15, 0.2) is 58.8 Å². The maximum absolute atomic E-state index is 13.4. The van der Waals surface area contributed by atoms with Crippen molar-refractivity contribution in [2.45, 2.75) is 45.5 Å². The van der Waals surface area contributed by atoms with Crippen LogP contribution >= 0.6 is 0 Å². The van der Waals surface area contributed by atoms with Crippen molar-refractivity contribution in [3.63, 3.8) is 0 Å². The van der Waals surface area contributed by atoms with Crippen LogP contribution in [-0.2, 0) is 28.8 Å². The summed E-state index contributed by atoms with van der Waals surface area (Å²) in [4.78, 5) is 0. The highest BCUT2D eigenvalue weighted by molar-refractivity contribution is 7.86. The van der Waals surface area contributed by atoms with Crippen LogP contribution < -0.4 is 9.47 Å². The summed E-state index contributed by atoms with van der Waals surface area (Å²) in [5.74, 6) is -0.618. The number of alkyl halides is 6. The molecular formula is C25H28F6N2O8S2. The largest absolute Gasteiger partial charge is 0.493 e. The smallest absolute Gasteiger partial charge is 0.437 e. The second kappa shape index (κ2) is 15.3. The monoisotopic (exact) mass is 662 g/mol. The van der Waals surface area contributed by atoms with Crippen molar-refractivity contribution >= 4 is 31.7 Å². The predicted octanol–water partition coefficient (Wildman–Crippen LogP) is 5.58. The molecule has 0 unspecified atom stereocenters. The lowest BCUT2D eigenvalue weighted by molar-refractivity contribution is -0.0606. The fourth-order valence-corrected chi connectivity index (χ4v) is 4.68. The molecule has 43 heavy (non-hydrogen) atoms. The summed E-state index contributed by atoms with van der Waals surface area (Å²) in [6.07, 6.45) is -9.45. The van der Waals surface area contributed by atoms with Gasteiger partial charge in [-0.05, 0) is 61.4 Å². The van der Waals surface area contributed by atoms with Gasteiger partial charge in [0.05, 0.1) is 24.7 Å². The SMILES string of the molecule is CCCS(=O)(=O)ON=C(c1ccc(OCCCOc2ccc(C(=NOS(=O)(=O)CCC)C(F)(F)F)cc2)cc1)C(F)(F)F. The van der Waals surface area contributed by atoms with Crippen LogP contribution in [-0.4, -0.2) is 65.3 Å². The van der Waals surface area contributed by atoms with Gasteiger partial charge in [0.25, 0.3) is 0 Å². The van der Waals surface area contributed by atoms with Crippen LogP contribution in [0.4, 0.5) is 26.3 Å². The highest BCUT2D eigenvalue weighted by Crippen LogP contribution is 2.26. The summed E-state index contributed by atoms with van der Waals surface area (Å²) in [7, 11) is -8.52. The van der Waals surface area contributed by atoms with Crippen molar-refractivity contribution in [2.24, 2.45) is 10.3 Å². The van der Waals surface area contributed by atoms with Crippen molar-refractivity contribution in [2.75, 3.05) is 24.7 Å². The molecule has 0 N–H and O–H groups in total. The number of nitrogens with zero attached hydrogens (tertiary/aromatic N) is 2. The molecule has 0 aliphatic carbocycles. The first-order valence-electron chi connectivity index (χ1n) is 12.6. The Bertz CT molecular complexity index is 1350. The third-order valence-electron chi connectivity index (χ3n) is 5.01. The molecule has 0 saturated heterocycles. The van der Waals surface area contributed by atoms with E-state index in [-0.39, 0.29) is 44.0 Å². The molecule has 2 aromatic carbocycles. The molecule has 0 aliphatic rings. The second-order valence-corrected chi connectivity index (χ2v) is 12.0. The van der Waals surface area contributed by atoms with Gasteiger partial charge in [-0.25, -0.2) is 0 Å². The molecule has 0 radical (unpaired) electrons. The number of benzene rings is 2. The van der Waals surface area contributed by atoms with Crippen molar-refractivity contribution in [3.05, 3.63) is 59.7 Å². The predicted molar refractivity (Wildman–Crippen MR) is 144 cm³/mol. The molecule has 0 amide bonds. The minimum absolute atomic E-state index is 0.0600. The van der Waals surface area contributed by atoms with E-state index in [0.717, 1.165) is 24.3 Å². The number of oxime groups is 2. The standard InChI is InChI=1S/C25H28F6N2O8S2/c1-3-16-42(34,35)40-32-22(24(26,27)28)18-6-10-20(11-7-18)38-14-5-15-39-21-12-8-19(9-13-21)23(25(29,30)31)33-41-43(36,37)17-4-2/h6-13H,3-5,14-17H2,1-2H3. The first-order valence-corrected chi connectivity index (χ1v) is 15.7. The lowest BCUT2D eigenvalue weighted by Crippen LogP contribution is -2.25. The highest BCUT2D eigenvalue weighted by atomic mass is 32.2. The summed E-state index contributed by atoms with van der Waals surface area (Å²) in [6, 6.07) is 8.97. The van der Waals surface area contributed by atoms with Gasteiger partial charge in [0.2, 0.25) is 0 Å². The minimum atomic E-state index is -5.00. The Balaban J connectivity index is 1.93. The highest BCUT2D eigenvalue weighted by Gasteiger charge is 2.39. The first-order chi connectivity index (χ1) is 20.0. The summed E-state index contributed by atoms with van der Waals surface area (Å²) in [6.45, 7) is 3.14. The molecule has 2 rings (SSSR count). The zero-order chi connectivity index (χ0) is 32.3. The van der Waals surface area contributed by atoms with Gasteiger partial charge < -0.3 is 9.47 Å². The van der Waals surface area contributed by atoms with Crippen molar-refractivity contribution in [3.8, 4) is 11.5 Å². The molecule has 0 aromatic heterocycles. The lowest BCUT2D eigenvalue weighted by atomic mass is 10.1. The molecule has 240 valence electrons. The normalized spacial score (nSPS) is 13.5. The van der Waals surface area contributed by atoms with E-state index < -0.39 is 66.6 Å². The van der Waals surface area contributed by atoms with Gasteiger partial charge in [0.15, 0.2) is 11.4 Å². The van der Waals surface area contributed by atoms with E-state index in [1.54, 1.807) is 0 Å². The van der Waals surface area contributed by atoms with Crippen LogP contribution in [0.25, 0.3) is 0 Å². The molecule has 0 heterocycles. The molecular weight excluding hydrogens is 634 g/mol. The molecule has 0 atom stereocenters. The minimum Gasteiger partial charge on any atom is -0.493 e. The Labute approximate surface area is 244 Å². The topological polar surface area (TPSA) is 130 Å². The fourth-order valence-electron chi connectivity index (χ4n) is 3.16. The molecule has 0 spiro atoms. The summed E-state index contributed by atoms with van der Waals surface area (Å²) in [5.41, 5.74) is -3.99. The number of hydrogen-bond acceptors (Lipinski definition) is 10. The maximum Gasteiger partial charge on any atom is 0.437 e. The molecule has 0 aliphatic heterocycles. The van der Waals surface area contributed by atoms with Gasteiger partial charge >= 0.3 is 32.6 Å². The van der Waals surface area contributed by atoms with Gasteiger partial charge in [0.1, 0.15) is 11.5 Å². The van der Waals surface area contributed by atoms with Gasteiger partial charge in [0, 0.05) is 17.5 Å². The summed E-state index contributed by atoms with van der Waals surface area (Å²) >= 11 is 0. The number of rotatable bonds is 16. The average Bonchev–Trinajstić information content (AvgIpc) is 2.88. The maximum atomic E-state index is 13.4. The van der Waals surface area contributed by atoms with Gasteiger partial charge in [-0.3, -0.25) is 8.57 Å². The number of halogens is 6. The third kappa shape index (κ3) is 12.3. The summed E-state index contributed by atoms with van der Waals surface area (Å²) in [5, 5.41) is 5.61. The van der Waals surface area contributed by atoms with Crippen LogP contribution in [0, 0.1) is 0 Å². The molecule has 2 aromatic rings. The first kappa shape index (κ1) is 35.7.